The van der Waals surface area contributed by atoms with E-state index in [1.807, 2.05) is 24.6 Å². The van der Waals surface area contributed by atoms with Crippen LogP contribution in [0.3, 0.4) is 0 Å². The first-order chi connectivity index (χ1) is 8.13. The number of halogens is 1. The van der Waals surface area contributed by atoms with E-state index in [9.17, 15) is 4.79 Å². The second-order valence-corrected chi connectivity index (χ2v) is 4.62. The van der Waals surface area contributed by atoms with Crippen LogP contribution < -0.4 is 5.56 Å². The Morgan fingerprint density at radius 2 is 2.18 bits per heavy atom. The van der Waals surface area contributed by atoms with Gasteiger partial charge in [0.2, 0.25) is 0 Å². The molecule has 0 atom stereocenters. The minimum atomic E-state index is 0.000839. The minimum absolute atomic E-state index is 0.000839. The van der Waals surface area contributed by atoms with Gasteiger partial charge in [-0.25, -0.2) is 0 Å². The second-order valence-electron chi connectivity index (χ2n) is 3.83. The summed E-state index contributed by atoms with van der Waals surface area (Å²) in [5.74, 6) is 0. The summed E-state index contributed by atoms with van der Waals surface area (Å²) in [5.41, 5.74) is 1.98. The third-order valence-electron chi connectivity index (χ3n) is 2.67. The van der Waals surface area contributed by atoms with Gasteiger partial charge in [0.1, 0.15) is 0 Å². The van der Waals surface area contributed by atoms with E-state index in [0.717, 1.165) is 22.4 Å². The van der Waals surface area contributed by atoms with Gasteiger partial charge in [-0.2, -0.15) is 5.10 Å². The van der Waals surface area contributed by atoms with E-state index in [2.05, 4.69) is 21.0 Å². The van der Waals surface area contributed by atoms with Crippen molar-refractivity contribution in [2.45, 2.75) is 26.9 Å². The highest BCUT2D eigenvalue weighted by Gasteiger charge is 2.12. The van der Waals surface area contributed by atoms with Gasteiger partial charge < -0.3 is 4.57 Å². The molecule has 0 saturated carbocycles. The summed E-state index contributed by atoms with van der Waals surface area (Å²) in [4.78, 5) is 11.7. The summed E-state index contributed by atoms with van der Waals surface area (Å²) in [5, 5.41) is 4.41. The lowest BCUT2D eigenvalue weighted by atomic mass is 10.3. The van der Waals surface area contributed by atoms with Gasteiger partial charge in [0.05, 0.1) is 22.4 Å². The molecule has 0 radical (unpaired) electrons. The Kier molecular flexibility index (Phi) is 3.47. The van der Waals surface area contributed by atoms with Crippen molar-refractivity contribution in [3.05, 3.63) is 50.6 Å². The molecule has 5 heteroatoms. The van der Waals surface area contributed by atoms with Gasteiger partial charge in [-0.05, 0) is 35.8 Å². The molecule has 0 aromatic carbocycles. The lowest BCUT2D eigenvalue weighted by molar-refractivity contribution is 0.590. The van der Waals surface area contributed by atoms with E-state index in [4.69, 9.17) is 0 Å². The van der Waals surface area contributed by atoms with Crippen LogP contribution in [0.2, 0.25) is 0 Å². The molecule has 4 nitrogen and oxygen atoms in total. The molecule has 0 amide bonds. The van der Waals surface area contributed by atoms with Crippen LogP contribution in [0, 0.1) is 6.92 Å². The van der Waals surface area contributed by atoms with Crippen LogP contribution in [0.1, 0.15) is 18.3 Å². The van der Waals surface area contributed by atoms with E-state index in [1.54, 1.807) is 22.9 Å². The molecule has 0 aliphatic heterocycles. The SMILES string of the molecule is CCn1nc(C)c(Br)c1Cn1ccccc1=O. The van der Waals surface area contributed by atoms with Gasteiger partial charge in [-0.3, -0.25) is 9.48 Å². The molecule has 0 aliphatic carbocycles. The average molecular weight is 296 g/mol. The van der Waals surface area contributed by atoms with E-state index in [-0.39, 0.29) is 5.56 Å². The quantitative estimate of drug-likeness (QED) is 0.871. The first-order valence-electron chi connectivity index (χ1n) is 5.50. The van der Waals surface area contributed by atoms with Crippen molar-refractivity contribution in [3.63, 3.8) is 0 Å². The third-order valence-corrected chi connectivity index (χ3v) is 3.70. The summed E-state index contributed by atoms with van der Waals surface area (Å²) in [6.45, 7) is 5.32. The molecule has 0 saturated heterocycles. The normalized spacial score (nSPS) is 10.8. The molecule has 0 aliphatic rings. The first kappa shape index (κ1) is 12.1. The summed E-state index contributed by atoms with van der Waals surface area (Å²) in [6, 6.07) is 5.17. The highest BCUT2D eigenvalue weighted by atomic mass is 79.9. The topological polar surface area (TPSA) is 39.8 Å². The van der Waals surface area contributed by atoms with Crippen LogP contribution >= 0.6 is 15.9 Å². The van der Waals surface area contributed by atoms with E-state index in [0.29, 0.717) is 6.54 Å². The van der Waals surface area contributed by atoms with Crippen molar-refractivity contribution >= 4 is 15.9 Å². The van der Waals surface area contributed by atoms with Crippen LogP contribution in [0.15, 0.2) is 33.7 Å². The Labute approximate surface area is 108 Å². The number of rotatable bonds is 3. The fourth-order valence-corrected chi connectivity index (χ4v) is 2.18. The van der Waals surface area contributed by atoms with Gasteiger partial charge in [-0.1, -0.05) is 6.07 Å². The number of hydrogen-bond donors (Lipinski definition) is 0. The van der Waals surface area contributed by atoms with E-state index >= 15 is 0 Å². The lowest BCUT2D eigenvalue weighted by Crippen LogP contribution is -2.20. The highest BCUT2D eigenvalue weighted by Crippen LogP contribution is 2.21. The zero-order valence-corrected chi connectivity index (χ0v) is 11.4. The molecule has 2 aromatic rings. The number of aromatic nitrogens is 3. The van der Waals surface area contributed by atoms with Crippen molar-refractivity contribution in [2.75, 3.05) is 0 Å². The fraction of sp³-hybridized carbons (Fsp3) is 0.333. The molecule has 0 bridgehead atoms. The van der Waals surface area contributed by atoms with Gasteiger partial charge in [0, 0.05) is 18.8 Å². The van der Waals surface area contributed by atoms with Crippen molar-refractivity contribution in [1.82, 2.24) is 14.3 Å². The summed E-state index contributed by atoms with van der Waals surface area (Å²) in [7, 11) is 0. The maximum Gasteiger partial charge on any atom is 0.250 e. The molecule has 2 rings (SSSR count). The van der Waals surface area contributed by atoms with Gasteiger partial charge in [-0.15, -0.1) is 0 Å². The molecule has 17 heavy (non-hydrogen) atoms. The van der Waals surface area contributed by atoms with Crippen LogP contribution in [0.4, 0.5) is 0 Å². The molecular formula is C12H14BrN3O. The predicted molar refractivity (Wildman–Crippen MR) is 70.1 cm³/mol. The number of nitrogens with zero attached hydrogens (tertiary/aromatic N) is 3. The van der Waals surface area contributed by atoms with Crippen molar-refractivity contribution < 1.29 is 0 Å². The maximum atomic E-state index is 11.7. The molecule has 0 unspecified atom stereocenters. The monoisotopic (exact) mass is 295 g/mol. The Bertz CT molecular complexity index is 586. The van der Waals surface area contributed by atoms with E-state index < -0.39 is 0 Å². The third kappa shape index (κ3) is 2.34. The first-order valence-corrected chi connectivity index (χ1v) is 6.30. The number of hydrogen-bond acceptors (Lipinski definition) is 2. The average Bonchev–Trinajstić information content (AvgIpc) is 2.59. The smallest absolute Gasteiger partial charge is 0.250 e. The Hall–Kier alpha value is -1.36. The van der Waals surface area contributed by atoms with Crippen molar-refractivity contribution in [2.24, 2.45) is 0 Å². The predicted octanol–water partition coefficient (Wildman–Crippen LogP) is 2.18. The molecule has 2 heterocycles. The Morgan fingerprint density at radius 3 is 2.82 bits per heavy atom. The van der Waals surface area contributed by atoms with Crippen molar-refractivity contribution in [3.8, 4) is 0 Å². The van der Waals surface area contributed by atoms with Crippen LogP contribution in [0.25, 0.3) is 0 Å². The molecule has 2 aromatic heterocycles. The minimum Gasteiger partial charge on any atom is -0.310 e. The Balaban J connectivity index is 2.43. The van der Waals surface area contributed by atoms with Crippen LogP contribution in [0.5, 0.6) is 0 Å². The maximum absolute atomic E-state index is 11.7. The summed E-state index contributed by atoms with van der Waals surface area (Å²) < 4.78 is 4.57. The van der Waals surface area contributed by atoms with Crippen LogP contribution in [-0.2, 0) is 13.1 Å². The highest BCUT2D eigenvalue weighted by molar-refractivity contribution is 9.10. The molecule has 90 valence electrons. The number of pyridine rings is 1. The lowest BCUT2D eigenvalue weighted by Gasteiger charge is -2.07. The largest absolute Gasteiger partial charge is 0.310 e. The zero-order valence-electron chi connectivity index (χ0n) is 9.85. The molecule has 0 N–H and O–H groups in total. The summed E-state index contributed by atoms with van der Waals surface area (Å²) in [6.07, 6.45) is 1.79. The Morgan fingerprint density at radius 1 is 1.41 bits per heavy atom. The van der Waals surface area contributed by atoms with Crippen molar-refractivity contribution in [1.29, 1.82) is 0 Å². The number of aryl methyl sites for hydroxylation is 2. The van der Waals surface area contributed by atoms with Gasteiger partial charge in [0.15, 0.2) is 0 Å². The zero-order chi connectivity index (χ0) is 12.4. The van der Waals surface area contributed by atoms with Gasteiger partial charge in [0.25, 0.3) is 5.56 Å². The molecule has 0 spiro atoms. The summed E-state index contributed by atoms with van der Waals surface area (Å²) >= 11 is 3.53. The molecular weight excluding hydrogens is 282 g/mol. The van der Waals surface area contributed by atoms with Gasteiger partial charge >= 0.3 is 0 Å². The standard InChI is InChI=1S/C12H14BrN3O/c1-3-16-10(12(13)9(2)14-16)8-15-7-5-4-6-11(15)17/h4-7H,3,8H2,1-2H3. The van der Waals surface area contributed by atoms with E-state index in [1.165, 1.54) is 0 Å². The second kappa shape index (κ2) is 4.87. The fourth-order valence-electron chi connectivity index (χ4n) is 1.77. The molecule has 0 fully saturated rings. The van der Waals surface area contributed by atoms with Crippen LogP contribution in [-0.4, -0.2) is 14.3 Å².